The van der Waals surface area contributed by atoms with E-state index < -0.39 is 6.10 Å². The largest absolute Gasteiger partial charge is 0.490 e. The SMILES string of the molecule is CC(=O)c1ccccc1OC[C@H](O)CN1C[C@@H](C)O[C@@H](C)C1. The fraction of sp³-hybridized carbons (Fsp3) is 0.588. The number of benzene rings is 1. The van der Waals surface area contributed by atoms with Gasteiger partial charge in [0.05, 0.1) is 17.8 Å². The third-order valence-electron chi connectivity index (χ3n) is 3.66. The molecule has 0 unspecified atom stereocenters. The molecule has 0 spiro atoms. The highest BCUT2D eigenvalue weighted by atomic mass is 16.5. The fourth-order valence-electron chi connectivity index (χ4n) is 2.85. The van der Waals surface area contributed by atoms with Crippen LogP contribution in [0, 0.1) is 0 Å². The number of carbonyl (C=O) groups excluding carboxylic acids is 1. The van der Waals surface area contributed by atoms with Gasteiger partial charge >= 0.3 is 0 Å². The molecule has 1 aliphatic heterocycles. The maximum absolute atomic E-state index is 11.5. The molecule has 3 atom stereocenters. The Morgan fingerprint density at radius 1 is 1.36 bits per heavy atom. The van der Waals surface area contributed by atoms with Gasteiger partial charge in [0.15, 0.2) is 5.78 Å². The molecule has 22 heavy (non-hydrogen) atoms. The molecule has 1 heterocycles. The molecular formula is C17H25NO4. The van der Waals surface area contributed by atoms with Crippen molar-refractivity contribution >= 4 is 5.78 Å². The van der Waals surface area contributed by atoms with Crippen molar-refractivity contribution in [2.24, 2.45) is 0 Å². The Morgan fingerprint density at radius 3 is 2.64 bits per heavy atom. The number of morpholine rings is 1. The van der Waals surface area contributed by atoms with E-state index in [0.717, 1.165) is 13.1 Å². The van der Waals surface area contributed by atoms with Crippen LogP contribution in [0.2, 0.25) is 0 Å². The van der Waals surface area contributed by atoms with E-state index in [1.54, 1.807) is 18.2 Å². The minimum atomic E-state index is -0.600. The number of hydrogen-bond donors (Lipinski definition) is 1. The molecule has 0 aliphatic carbocycles. The van der Waals surface area contributed by atoms with Crippen LogP contribution in [0.5, 0.6) is 5.75 Å². The second-order valence-electron chi connectivity index (χ2n) is 5.99. The number of rotatable bonds is 6. The maximum Gasteiger partial charge on any atom is 0.163 e. The van der Waals surface area contributed by atoms with E-state index in [2.05, 4.69) is 4.90 Å². The molecule has 1 aliphatic rings. The Balaban J connectivity index is 1.85. The number of para-hydroxylation sites is 1. The monoisotopic (exact) mass is 307 g/mol. The standard InChI is InChI=1S/C17H25NO4/c1-12-8-18(9-13(2)22-12)10-15(20)11-21-17-7-5-4-6-16(17)14(3)19/h4-7,12-13,15,20H,8-11H2,1-3H3/t12-,13+,15-/m1/s1. The van der Waals surface area contributed by atoms with Crippen molar-refractivity contribution in [2.45, 2.75) is 39.1 Å². The molecule has 5 heteroatoms. The summed E-state index contributed by atoms with van der Waals surface area (Å²) < 4.78 is 11.3. The Hall–Kier alpha value is -1.43. The van der Waals surface area contributed by atoms with E-state index in [9.17, 15) is 9.90 Å². The van der Waals surface area contributed by atoms with Crippen LogP contribution >= 0.6 is 0 Å². The fourth-order valence-corrected chi connectivity index (χ4v) is 2.85. The number of β-amino-alcohol motifs (C(OH)–C–C–N with tert-alkyl or cyclic N) is 1. The van der Waals surface area contributed by atoms with Gasteiger partial charge in [-0.25, -0.2) is 0 Å². The minimum Gasteiger partial charge on any atom is -0.490 e. The van der Waals surface area contributed by atoms with Crippen molar-refractivity contribution in [3.8, 4) is 5.75 Å². The molecule has 0 saturated carbocycles. The average molecular weight is 307 g/mol. The lowest BCUT2D eigenvalue weighted by Gasteiger charge is -2.36. The Kier molecular flexibility index (Phi) is 5.94. The zero-order valence-corrected chi connectivity index (χ0v) is 13.5. The van der Waals surface area contributed by atoms with Crippen LogP contribution in [0.25, 0.3) is 0 Å². The smallest absolute Gasteiger partial charge is 0.163 e. The molecule has 0 radical (unpaired) electrons. The summed E-state index contributed by atoms with van der Waals surface area (Å²) in [7, 11) is 0. The highest BCUT2D eigenvalue weighted by Gasteiger charge is 2.24. The Labute approximate surface area is 131 Å². The van der Waals surface area contributed by atoms with Gasteiger partial charge in [0.2, 0.25) is 0 Å². The number of Topliss-reactive ketones (excluding diaryl/α,β-unsaturated/α-hetero) is 1. The van der Waals surface area contributed by atoms with Gasteiger partial charge in [-0.2, -0.15) is 0 Å². The second kappa shape index (κ2) is 7.72. The van der Waals surface area contributed by atoms with Gasteiger partial charge in [-0.3, -0.25) is 9.69 Å². The first-order valence-electron chi connectivity index (χ1n) is 7.74. The summed E-state index contributed by atoms with van der Waals surface area (Å²) >= 11 is 0. The highest BCUT2D eigenvalue weighted by molar-refractivity contribution is 5.96. The normalized spacial score (nSPS) is 24.0. The molecule has 0 aromatic heterocycles. The van der Waals surface area contributed by atoms with Crippen LogP contribution < -0.4 is 4.74 Å². The van der Waals surface area contributed by atoms with Crippen LogP contribution in [0.4, 0.5) is 0 Å². The summed E-state index contributed by atoms with van der Waals surface area (Å²) in [5.41, 5.74) is 0.545. The van der Waals surface area contributed by atoms with Crippen molar-refractivity contribution < 1.29 is 19.4 Å². The number of aliphatic hydroxyl groups is 1. The van der Waals surface area contributed by atoms with E-state index in [1.165, 1.54) is 6.92 Å². The molecule has 122 valence electrons. The number of aliphatic hydroxyl groups excluding tert-OH is 1. The van der Waals surface area contributed by atoms with E-state index in [1.807, 2.05) is 19.9 Å². The van der Waals surface area contributed by atoms with Gasteiger partial charge in [0, 0.05) is 19.6 Å². The van der Waals surface area contributed by atoms with Crippen LogP contribution in [0.15, 0.2) is 24.3 Å². The summed E-state index contributed by atoms with van der Waals surface area (Å²) in [6.45, 7) is 7.92. The number of hydrogen-bond acceptors (Lipinski definition) is 5. The predicted octanol–water partition coefficient (Wildman–Crippen LogP) is 1.74. The molecule has 5 nitrogen and oxygen atoms in total. The molecule has 1 aromatic carbocycles. The molecule has 2 rings (SSSR count). The van der Waals surface area contributed by atoms with Gasteiger partial charge < -0.3 is 14.6 Å². The van der Waals surface area contributed by atoms with Gasteiger partial charge in [-0.05, 0) is 32.9 Å². The molecule has 1 saturated heterocycles. The van der Waals surface area contributed by atoms with Crippen molar-refractivity contribution in [2.75, 3.05) is 26.2 Å². The summed E-state index contributed by atoms with van der Waals surface area (Å²) in [6.07, 6.45) is -0.247. The lowest BCUT2D eigenvalue weighted by molar-refractivity contribution is -0.0787. The predicted molar refractivity (Wildman–Crippen MR) is 84.4 cm³/mol. The minimum absolute atomic E-state index is 0.0408. The lowest BCUT2D eigenvalue weighted by atomic mass is 10.1. The van der Waals surface area contributed by atoms with Crippen LogP contribution in [0.3, 0.4) is 0 Å². The first-order chi connectivity index (χ1) is 10.5. The summed E-state index contributed by atoms with van der Waals surface area (Å²) in [5.74, 6) is 0.485. The number of nitrogens with zero attached hydrogens (tertiary/aromatic N) is 1. The molecule has 1 aromatic rings. The van der Waals surface area contributed by atoms with E-state index in [-0.39, 0.29) is 24.6 Å². The zero-order valence-electron chi connectivity index (χ0n) is 13.5. The van der Waals surface area contributed by atoms with E-state index in [4.69, 9.17) is 9.47 Å². The molecule has 0 bridgehead atoms. The number of ketones is 1. The first kappa shape index (κ1) is 16.9. The lowest BCUT2D eigenvalue weighted by Crippen LogP contribution is -2.48. The second-order valence-corrected chi connectivity index (χ2v) is 5.99. The summed E-state index contributed by atoms with van der Waals surface area (Å²) in [5, 5.41) is 10.2. The first-order valence-corrected chi connectivity index (χ1v) is 7.74. The molecular weight excluding hydrogens is 282 g/mol. The molecule has 0 amide bonds. The topological polar surface area (TPSA) is 59.0 Å². The number of carbonyl (C=O) groups is 1. The Bertz CT molecular complexity index is 495. The molecule has 1 N–H and O–H groups in total. The van der Waals surface area contributed by atoms with Crippen LogP contribution in [-0.4, -0.2) is 60.3 Å². The van der Waals surface area contributed by atoms with Crippen LogP contribution in [-0.2, 0) is 4.74 Å². The maximum atomic E-state index is 11.5. The van der Waals surface area contributed by atoms with Crippen molar-refractivity contribution in [1.29, 1.82) is 0 Å². The third-order valence-corrected chi connectivity index (χ3v) is 3.66. The van der Waals surface area contributed by atoms with Gasteiger partial charge in [-0.15, -0.1) is 0 Å². The molecule has 1 fully saturated rings. The summed E-state index contributed by atoms with van der Waals surface area (Å²) in [4.78, 5) is 13.7. The van der Waals surface area contributed by atoms with E-state index in [0.29, 0.717) is 17.9 Å². The van der Waals surface area contributed by atoms with Crippen molar-refractivity contribution in [3.05, 3.63) is 29.8 Å². The third kappa shape index (κ3) is 4.80. The van der Waals surface area contributed by atoms with Gasteiger partial charge in [0.25, 0.3) is 0 Å². The van der Waals surface area contributed by atoms with E-state index >= 15 is 0 Å². The van der Waals surface area contributed by atoms with Crippen LogP contribution in [0.1, 0.15) is 31.1 Å². The average Bonchev–Trinajstić information content (AvgIpc) is 2.44. The number of ether oxygens (including phenoxy) is 2. The van der Waals surface area contributed by atoms with Gasteiger partial charge in [-0.1, -0.05) is 12.1 Å². The van der Waals surface area contributed by atoms with Crippen molar-refractivity contribution in [1.82, 2.24) is 4.90 Å². The zero-order chi connectivity index (χ0) is 16.1. The van der Waals surface area contributed by atoms with Gasteiger partial charge in [0.1, 0.15) is 18.5 Å². The van der Waals surface area contributed by atoms with Crippen molar-refractivity contribution in [3.63, 3.8) is 0 Å². The Morgan fingerprint density at radius 2 is 2.00 bits per heavy atom. The highest BCUT2D eigenvalue weighted by Crippen LogP contribution is 2.19. The summed E-state index contributed by atoms with van der Waals surface area (Å²) in [6, 6.07) is 7.10. The quantitative estimate of drug-likeness (QED) is 0.811.